The fraction of sp³-hybridized carbons (Fsp3) is 0.192. The van der Waals surface area contributed by atoms with Gasteiger partial charge in [0, 0.05) is 13.1 Å². The van der Waals surface area contributed by atoms with Crippen molar-refractivity contribution in [2.24, 2.45) is 0 Å². The van der Waals surface area contributed by atoms with E-state index in [-0.39, 0.29) is 23.3 Å². The second kappa shape index (κ2) is 11.6. The van der Waals surface area contributed by atoms with E-state index in [9.17, 15) is 13.6 Å². The first kappa shape index (κ1) is 23.6. The first-order valence-electron chi connectivity index (χ1n) is 11.0. The summed E-state index contributed by atoms with van der Waals surface area (Å²) >= 11 is 1.27. The lowest BCUT2D eigenvalue weighted by Gasteiger charge is -2.11. The number of halogens is 2. The number of thioether (sulfide) groups is 1. The zero-order chi connectivity index (χ0) is 23.8. The van der Waals surface area contributed by atoms with Crippen LogP contribution >= 0.6 is 11.8 Å². The summed E-state index contributed by atoms with van der Waals surface area (Å²) < 4.78 is 29.3. The van der Waals surface area contributed by atoms with E-state index in [2.05, 4.69) is 15.5 Å². The van der Waals surface area contributed by atoms with Gasteiger partial charge < -0.3 is 9.88 Å². The van der Waals surface area contributed by atoms with E-state index in [0.29, 0.717) is 36.1 Å². The molecule has 0 bridgehead atoms. The molecule has 0 aliphatic rings. The Morgan fingerprint density at radius 2 is 1.56 bits per heavy atom. The lowest BCUT2D eigenvalue weighted by molar-refractivity contribution is -0.118. The largest absolute Gasteiger partial charge is 0.355 e. The van der Waals surface area contributed by atoms with Gasteiger partial charge >= 0.3 is 0 Å². The lowest BCUT2D eigenvalue weighted by atomic mass is 10.1. The molecule has 5 nitrogen and oxygen atoms in total. The first-order valence-corrected chi connectivity index (χ1v) is 11.9. The average Bonchev–Trinajstić information content (AvgIpc) is 3.26. The highest BCUT2D eigenvalue weighted by molar-refractivity contribution is 7.99. The van der Waals surface area contributed by atoms with Gasteiger partial charge in [-0.15, -0.1) is 10.2 Å². The van der Waals surface area contributed by atoms with E-state index >= 15 is 0 Å². The summed E-state index contributed by atoms with van der Waals surface area (Å²) in [4.78, 5) is 12.4. The number of nitrogens with one attached hydrogen (secondary N) is 1. The molecule has 0 fully saturated rings. The molecule has 1 N–H and O–H groups in total. The van der Waals surface area contributed by atoms with Crippen molar-refractivity contribution in [2.75, 3.05) is 12.3 Å². The Bertz CT molecular complexity index is 1230. The van der Waals surface area contributed by atoms with Crippen LogP contribution < -0.4 is 5.32 Å². The van der Waals surface area contributed by atoms with Gasteiger partial charge in [-0.3, -0.25) is 4.79 Å². The van der Waals surface area contributed by atoms with E-state index < -0.39 is 0 Å². The topological polar surface area (TPSA) is 59.8 Å². The summed E-state index contributed by atoms with van der Waals surface area (Å²) in [5.74, 6) is -0.198. The SMILES string of the molecule is O=C(CSc1nnc(-c2ccccc2F)n1CCc1ccccc1)NCCc1ccc(F)cc1. The van der Waals surface area contributed by atoms with Gasteiger partial charge in [0.15, 0.2) is 11.0 Å². The molecule has 3 aromatic carbocycles. The second-order valence-electron chi connectivity index (χ2n) is 7.69. The van der Waals surface area contributed by atoms with E-state index in [0.717, 1.165) is 17.5 Å². The minimum absolute atomic E-state index is 0.142. The van der Waals surface area contributed by atoms with Crippen LogP contribution in [0.2, 0.25) is 0 Å². The molecular weight excluding hydrogens is 454 g/mol. The van der Waals surface area contributed by atoms with Crippen LogP contribution in [0.25, 0.3) is 11.4 Å². The maximum Gasteiger partial charge on any atom is 0.230 e. The van der Waals surface area contributed by atoms with Crippen LogP contribution in [0.15, 0.2) is 84.0 Å². The van der Waals surface area contributed by atoms with Gasteiger partial charge in [-0.2, -0.15) is 0 Å². The van der Waals surface area contributed by atoms with Crippen molar-refractivity contribution in [1.29, 1.82) is 0 Å². The monoisotopic (exact) mass is 478 g/mol. The Hall–Kier alpha value is -3.52. The first-order chi connectivity index (χ1) is 16.6. The van der Waals surface area contributed by atoms with Crippen LogP contribution in [-0.2, 0) is 24.2 Å². The summed E-state index contributed by atoms with van der Waals surface area (Å²) in [7, 11) is 0. The lowest BCUT2D eigenvalue weighted by Crippen LogP contribution is -2.27. The minimum Gasteiger partial charge on any atom is -0.355 e. The predicted octanol–water partition coefficient (Wildman–Crippen LogP) is 4.92. The molecule has 0 saturated heterocycles. The number of aromatic nitrogens is 3. The summed E-state index contributed by atoms with van der Waals surface area (Å²) in [6, 6.07) is 22.7. The molecule has 8 heteroatoms. The molecule has 0 aliphatic heterocycles. The number of rotatable bonds is 10. The fourth-order valence-corrected chi connectivity index (χ4v) is 4.30. The van der Waals surface area contributed by atoms with Gasteiger partial charge in [0.25, 0.3) is 0 Å². The molecular formula is C26H24F2N4OS. The molecule has 4 aromatic rings. The molecule has 1 heterocycles. The van der Waals surface area contributed by atoms with Crippen LogP contribution in [0.5, 0.6) is 0 Å². The highest BCUT2D eigenvalue weighted by Gasteiger charge is 2.18. The number of amides is 1. The van der Waals surface area contributed by atoms with E-state index in [4.69, 9.17) is 0 Å². The van der Waals surface area contributed by atoms with Crippen molar-refractivity contribution in [1.82, 2.24) is 20.1 Å². The van der Waals surface area contributed by atoms with Crippen LogP contribution in [0.4, 0.5) is 8.78 Å². The van der Waals surface area contributed by atoms with Gasteiger partial charge in [0.2, 0.25) is 5.91 Å². The van der Waals surface area contributed by atoms with Gasteiger partial charge in [-0.1, -0.05) is 66.4 Å². The molecule has 4 rings (SSSR count). The molecule has 34 heavy (non-hydrogen) atoms. The maximum atomic E-state index is 14.5. The minimum atomic E-state index is -0.369. The number of hydrogen-bond acceptors (Lipinski definition) is 4. The van der Waals surface area contributed by atoms with Gasteiger partial charge in [0.05, 0.1) is 11.3 Å². The number of carbonyl (C=O) groups is 1. The molecule has 0 aliphatic carbocycles. The summed E-state index contributed by atoms with van der Waals surface area (Å²) in [5, 5.41) is 11.9. The summed E-state index contributed by atoms with van der Waals surface area (Å²) in [6.07, 6.45) is 1.33. The third-order valence-electron chi connectivity index (χ3n) is 5.28. The van der Waals surface area contributed by atoms with Crippen molar-refractivity contribution < 1.29 is 13.6 Å². The quantitative estimate of drug-likeness (QED) is 0.329. The van der Waals surface area contributed by atoms with Crippen molar-refractivity contribution in [2.45, 2.75) is 24.5 Å². The van der Waals surface area contributed by atoms with Crippen molar-refractivity contribution in [3.8, 4) is 11.4 Å². The summed E-state index contributed by atoms with van der Waals surface area (Å²) in [5.41, 5.74) is 2.47. The van der Waals surface area contributed by atoms with E-state index in [1.807, 2.05) is 34.9 Å². The molecule has 1 aromatic heterocycles. The number of benzene rings is 3. The molecule has 0 radical (unpaired) electrons. The standard InChI is InChI=1S/C26H24F2N4OS/c27-21-12-10-20(11-13-21)14-16-29-24(33)18-34-26-31-30-25(22-8-4-5-9-23(22)28)32(26)17-15-19-6-2-1-3-7-19/h1-13H,14-18H2,(H,29,33). The van der Waals surface area contributed by atoms with Gasteiger partial charge in [-0.05, 0) is 48.2 Å². The molecule has 174 valence electrons. The van der Waals surface area contributed by atoms with Crippen molar-refractivity contribution in [3.05, 3.63) is 102 Å². The Labute approximate surface area is 201 Å². The third kappa shape index (κ3) is 6.29. The van der Waals surface area contributed by atoms with Crippen LogP contribution in [0.1, 0.15) is 11.1 Å². The van der Waals surface area contributed by atoms with E-state index in [1.54, 1.807) is 30.3 Å². The summed E-state index contributed by atoms with van der Waals surface area (Å²) in [6.45, 7) is 1.00. The Balaban J connectivity index is 1.41. The van der Waals surface area contributed by atoms with Crippen molar-refractivity contribution in [3.63, 3.8) is 0 Å². The number of nitrogens with zero attached hydrogens (tertiary/aromatic N) is 3. The van der Waals surface area contributed by atoms with Crippen molar-refractivity contribution >= 4 is 17.7 Å². The highest BCUT2D eigenvalue weighted by Crippen LogP contribution is 2.26. The average molecular weight is 479 g/mol. The molecule has 1 amide bonds. The Kier molecular flexibility index (Phi) is 8.04. The van der Waals surface area contributed by atoms with Gasteiger partial charge in [-0.25, -0.2) is 8.78 Å². The van der Waals surface area contributed by atoms with Crippen LogP contribution in [0.3, 0.4) is 0 Å². The third-order valence-corrected chi connectivity index (χ3v) is 6.25. The normalized spacial score (nSPS) is 10.9. The number of hydrogen-bond donors (Lipinski definition) is 1. The smallest absolute Gasteiger partial charge is 0.230 e. The number of aryl methyl sites for hydroxylation is 1. The Morgan fingerprint density at radius 1 is 0.853 bits per heavy atom. The Morgan fingerprint density at radius 3 is 2.32 bits per heavy atom. The zero-order valence-electron chi connectivity index (χ0n) is 18.5. The number of carbonyl (C=O) groups excluding carboxylic acids is 1. The van der Waals surface area contributed by atoms with E-state index in [1.165, 1.54) is 30.0 Å². The van der Waals surface area contributed by atoms with Crippen LogP contribution in [0, 0.1) is 11.6 Å². The molecule has 0 spiro atoms. The fourth-order valence-electron chi connectivity index (χ4n) is 3.50. The van der Waals surface area contributed by atoms with Gasteiger partial charge in [0.1, 0.15) is 11.6 Å². The zero-order valence-corrected chi connectivity index (χ0v) is 19.3. The second-order valence-corrected chi connectivity index (χ2v) is 8.63. The molecule has 0 atom stereocenters. The highest BCUT2D eigenvalue weighted by atomic mass is 32.2. The predicted molar refractivity (Wildman–Crippen MR) is 129 cm³/mol. The maximum absolute atomic E-state index is 14.5. The van der Waals surface area contributed by atoms with Crippen LogP contribution in [-0.4, -0.2) is 33.0 Å². The molecule has 0 unspecified atom stereocenters. The molecule has 0 saturated carbocycles.